The molecule has 1 saturated heterocycles. The number of rotatable bonds is 6. The van der Waals surface area contributed by atoms with E-state index in [4.69, 9.17) is 5.73 Å². The van der Waals surface area contributed by atoms with Gasteiger partial charge in [-0.25, -0.2) is 0 Å². The van der Waals surface area contributed by atoms with Crippen LogP contribution in [0.3, 0.4) is 0 Å². The Morgan fingerprint density at radius 3 is 2.39 bits per heavy atom. The second-order valence-electron chi connectivity index (χ2n) is 7.59. The number of nitrogens with zero attached hydrogens (tertiary/aromatic N) is 3. The van der Waals surface area contributed by atoms with Gasteiger partial charge in [0.1, 0.15) is 0 Å². The number of carbonyl (C=O) groups is 1. The number of aliphatic imine (C=N–C) groups is 1. The SMILES string of the molecule is CCc1ccc(NC(N)=NCCN2CCN(C(=O)C3CCCC3)CC2)cc1.I. The molecule has 1 aromatic carbocycles. The largest absolute Gasteiger partial charge is 0.370 e. The van der Waals surface area contributed by atoms with Gasteiger partial charge in [-0.05, 0) is 37.0 Å². The summed E-state index contributed by atoms with van der Waals surface area (Å²) in [5.74, 6) is 1.13. The van der Waals surface area contributed by atoms with E-state index in [2.05, 4.69) is 39.2 Å². The number of amides is 1. The van der Waals surface area contributed by atoms with Crippen molar-refractivity contribution in [2.45, 2.75) is 39.0 Å². The molecule has 1 aliphatic heterocycles. The molecular weight excluding hydrogens is 465 g/mol. The minimum atomic E-state index is 0. The minimum absolute atomic E-state index is 0. The van der Waals surface area contributed by atoms with Gasteiger partial charge in [0.25, 0.3) is 0 Å². The summed E-state index contributed by atoms with van der Waals surface area (Å²) in [7, 11) is 0. The molecule has 6 nitrogen and oxygen atoms in total. The Kier molecular flexibility index (Phi) is 9.50. The molecule has 1 aliphatic carbocycles. The van der Waals surface area contributed by atoms with Gasteiger partial charge < -0.3 is 16.0 Å². The third-order valence-electron chi connectivity index (χ3n) is 5.72. The molecule has 156 valence electrons. The standard InChI is InChI=1S/C21H33N5O.HI/c1-2-17-7-9-19(10-8-17)24-21(22)23-11-12-25-13-15-26(16-14-25)20(27)18-5-3-4-6-18;/h7-10,18H,2-6,11-16H2,1H3,(H3,22,23,24);1H. The molecule has 3 N–H and O–H groups in total. The molecule has 28 heavy (non-hydrogen) atoms. The fourth-order valence-electron chi connectivity index (χ4n) is 3.95. The average Bonchev–Trinajstić information content (AvgIpc) is 3.23. The van der Waals surface area contributed by atoms with E-state index in [1.165, 1.54) is 18.4 Å². The van der Waals surface area contributed by atoms with Gasteiger partial charge in [-0.15, -0.1) is 24.0 Å². The quantitative estimate of drug-likeness (QED) is 0.359. The van der Waals surface area contributed by atoms with Gasteiger partial charge in [-0.3, -0.25) is 14.7 Å². The number of guanidine groups is 1. The summed E-state index contributed by atoms with van der Waals surface area (Å²) in [6, 6.07) is 8.26. The summed E-state index contributed by atoms with van der Waals surface area (Å²) < 4.78 is 0. The van der Waals surface area contributed by atoms with E-state index < -0.39 is 0 Å². The average molecular weight is 499 g/mol. The van der Waals surface area contributed by atoms with Crippen molar-refractivity contribution in [3.8, 4) is 0 Å². The number of halogens is 1. The van der Waals surface area contributed by atoms with Crippen molar-refractivity contribution in [1.82, 2.24) is 9.80 Å². The molecule has 0 atom stereocenters. The Morgan fingerprint density at radius 1 is 1.14 bits per heavy atom. The molecule has 0 aromatic heterocycles. The first-order valence-corrected chi connectivity index (χ1v) is 10.3. The highest BCUT2D eigenvalue weighted by atomic mass is 127. The second kappa shape index (κ2) is 11.6. The molecule has 3 rings (SSSR count). The molecule has 0 spiro atoms. The number of piperazine rings is 1. The molecule has 1 heterocycles. The van der Waals surface area contributed by atoms with E-state index >= 15 is 0 Å². The first kappa shape index (κ1) is 22.9. The first-order chi connectivity index (χ1) is 13.2. The van der Waals surface area contributed by atoms with Crippen molar-refractivity contribution >= 4 is 41.5 Å². The normalized spacial score (nSPS) is 18.8. The van der Waals surface area contributed by atoms with Crippen molar-refractivity contribution < 1.29 is 4.79 Å². The van der Waals surface area contributed by atoms with Crippen LogP contribution in [0.4, 0.5) is 5.69 Å². The molecule has 1 saturated carbocycles. The number of anilines is 1. The Labute approximate surface area is 186 Å². The van der Waals surface area contributed by atoms with Crippen LogP contribution < -0.4 is 11.1 Å². The topological polar surface area (TPSA) is 74.0 Å². The first-order valence-electron chi connectivity index (χ1n) is 10.3. The zero-order valence-electron chi connectivity index (χ0n) is 16.9. The van der Waals surface area contributed by atoms with E-state index in [9.17, 15) is 4.79 Å². The second-order valence-corrected chi connectivity index (χ2v) is 7.59. The third-order valence-corrected chi connectivity index (χ3v) is 5.72. The Bertz CT molecular complexity index is 635. The highest BCUT2D eigenvalue weighted by molar-refractivity contribution is 14.0. The summed E-state index contributed by atoms with van der Waals surface area (Å²) in [5.41, 5.74) is 8.26. The molecule has 2 fully saturated rings. The maximum Gasteiger partial charge on any atom is 0.225 e. The highest BCUT2D eigenvalue weighted by Crippen LogP contribution is 2.26. The lowest BCUT2D eigenvalue weighted by Crippen LogP contribution is -2.50. The van der Waals surface area contributed by atoms with Crippen molar-refractivity contribution in [3.05, 3.63) is 29.8 Å². The van der Waals surface area contributed by atoms with Crippen molar-refractivity contribution in [1.29, 1.82) is 0 Å². The van der Waals surface area contributed by atoms with Crippen LogP contribution >= 0.6 is 24.0 Å². The summed E-state index contributed by atoms with van der Waals surface area (Å²) in [4.78, 5) is 21.3. The maximum absolute atomic E-state index is 12.5. The van der Waals surface area contributed by atoms with Crippen LogP contribution in [-0.2, 0) is 11.2 Å². The van der Waals surface area contributed by atoms with Crippen LogP contribution in [0.1, 0.15) is 38.2 Å². The van der Waals surface area contributed by atoms with E-state index in [-0.39, 0.29) is 24.0 Å². The lowest BCUT2D eigenvalue weighted by molar-refractivity contribution is -0.137. The fraction of sp³-hybridized carbons (Fsp3) is 0.619. The zero-order chi connectivity index (χ0) is 19.1. The van der Waals surface area contributed by atoms with Gasteiger partial charge in [0.05, 0.1) is 6.54 Å². The smallest absolute Gasteiger partial charge is 0.225 e. The van der Waals surface area contributed by atoms with Crippen LogP contribution in [-0.4, -0.2) is 60.9 Å². The molecule has 7 heteroatoms. The van der Waals surface area contributed by atoms with Gasteiger partial charge >= 0.3 is 0 Å². The number of nitrogens with two attached hydrogens (primary N) is 1. The predicted octanol–water partition coefficient (Wildman–Crippen LogP) is 2.93. The summed E-state index contributed by atoms with van der Waals surface area (Å²) in [6.45, 7) is 7.24. The molecule has 0 bridgehead atoms. The van der Waals surface area contributed by atoms with Crippen LogP contribution in [0.5, 0.6) is 0 Å². The van der Waals surface area contributed by atoms with Crippen molar-refractivity contribution in [3.63, 3.8) is 0 Å². The van der Waals surface area contributed by atoms with Crippen LogP contribution in [0.25, 0.3) is 0 Å². The number of hydrogen-bond donors (Lipinski definition) is 2. The number of benzene rings is 1. The fourth-order valence-corrected chi connectivity index (χ4v) is 3.95. The number of hydrogen-bond acceptors (Lipinski definition) is 3. The van der Waals surface area contributed by atoms with Crippen LogP contribution in [0.2, 0.25) is 0 Å². The summed E-state index contributed by atoms with van der Waals surface area (Å²) >= 11 is 0. The molecule has 1 amide bonds. The van der Waals surface area contributed by atoms with Gasteiger partial charge in [-0.2, -0.15) is 0 Å². The van der Waals surface area contributed by atoms with Gasteiger partial charge in [0, 0.05) is 44.3 Å². The van der Waals surface area contributed by atoms with Crippen molar-refractivity contribution in [2.75, 3.05) is 44.6 Å². The van der Waals surface area contributed by atoms with Crippen LogP contribution in [0, 0.1) is 5.92 Å². The Hall–Kier alpha value is -1.35. The molecule has 1 aromatic rings. The van der Waals surface area contributed by atoms with E-state index in [1.807, 2.05) is 12.1 Å². The molecule has 0 unspecified atom stereocenters. The molecule has 0 radical (unpaired) electrons. The summed E-state index contributed by atoms with van der Waals surface area (Å²) in [6.07, 6.45) is 5.63. The van der Waals surface area contributed by atoms with Gasteiger partial charge in [0.2, 0.25) is 5.91 Å². The monoisotopic (exact) mass is 499 g/mol. The minimum Gasteiger partial charge on any atom is -0.370 e. The van der Waals surface area contributed by atoms with Gasteiger partial charge in [-0.1, -0.05) is 31.9 Å². The molecular formula is C21H34IN5O. The lowest BCUT2D eigenvalue weighted by Gasteiger charge is -2.35. The number of carbonyl (C=O) groups excluding carboxylic acids is 1. The van der Waals surface area contributed by atoms with E-state index in [0.29, 0.717) is 24.3 Å². The maximum atomic E-state index is 12.5. The number of nitrogens with one attached hydrogen (secondary N) is 1. The number of aryl methyl sites for hydroxylation is 1. The van der Waals surface area contributed by atoms with Crippen molar-refractivity contribution in [2.24, 2.45) is 16.6 Å². The van der Waals surface area contributed by atoms with Gasteiger partial charge in [0.15, 0.2) is 5.96 Å². The van der Waals surface area contributed by atoms with E-state index in [0.717, 1.165) is 57.7 Å². The highest BCUT2D eigenvalue weighted by Gasteiger charge is 2.29. The third kappa shape index (κ3) is 6.62. The predicted molar refractivity (Wildman–Crippen MR) is 126 cm³/mol. The zero-order valence-corrected chi connectivity index (χ0v) is 19.2. The lowest BCUT2D eigenvalue weighted by atomic mass is 10.1. The van der Waals surface area contributed by atoms with Crippen LogP contribution in [0.15, 0.2) is 29.3 Å². The molecule has 2 aliphatic rings. The van der Waals surface area contributed by atoms with E-state index in [1.54, 1.807) is 0 Å². The Balaban J connectivity index is 0.00000280. The summed E-state index contributed by atoms with van der Waals surface area (Å²) in [5, 5.41) is 3.14. The Morgan fingerprint density at radius 2 is 1.79 bits per heavy atom.